The van der Waals surface area contributed by atoms with Gasteiger partial charge in [0.25, 0.3) is 0 Å². The first kappa shape index (κ1) is 16.8. The highest BCUT2D eigenvalue weighted by Crippen LogP contribution is 2.33. The highest BCUT2D eigenvalue weighted by atomic mass is 79.9. The average Bonchev–Trinajstić information content (AvgIpc) is 2.56. The van der Waals surface area contributed by atoms with E-state index in [9.17, 15) is 0 Å². The van der Waals surface area contributed by atoms with E-state index in [0.29, 0.717) is 33.1 Å². The maximum absolute atomic E-state index is 6.18. The lowest BCUT2D eigenvalue weighted by molar-refractivity contribution is 1.17. The maximum Gasteiger partial charge on any atom is 0.159 e. The molecule has 2 aromatic carbocycles. The van der Waals surface area contributed by atoms with Gasteiger partial charge in [0.1, 0.15) is 12.0 Å². The van der Waals surface area contributed by atoms with Gasteiger partial charge in [-0.3, -0.25) is 0 Å². The van der Waals surface area contributed by atoms with Crippen LogP contribution in [0.5, 0.6) is 0 Å². The minimum atomic E-state index is 0.365. The van der Waals surface area contributed by atoms with Gasteiger partial charge in [-0.05, 0) is 46.3 Å². The normalized spacial score (nSPS) is 10.5. The molecule has 3 aromatic rings. The molecule has 24 heavy (non-hydrogen) atoms. The van der Waals surface area contributed by atoms with E-state index in [2.05, 4.69) is 36.5 Å². The number of anilines is 5. The van der Waals surface area contributed by atoms with Gasteiger partial charge < -0.3 is 16.4 Å². The quantitative estimate of drug-likeness (QED) is 0.507. The molecule has 1 heterocycles. The van der Waals surface area contributed by atoms with Gasteiger partial charge in [0, 0.05) is 9.50 Å². The molecule has 8 heteroatoms. The van der Waals surface area contributed by atoms with Crippen molar-refractivity contribution in [2.75, 3.05) is 16.4 Å². The van der Waals surface area contributed by atoms with E-state index in [1.807, 2.05) is 24.3 Å². The van der Waals surface area contributed by atoms with Gasteiger partial charge in [-0.25, -0.2) is 9.97 Å². The Kier molecular flexibility index (Phi) is 5.08. The Morgan fingerprint density at radius 2 is 1.58 bits per heavy atom. The molecule has 0 spiro atoms. The van der Waals surface area contributed by atoms with Crippen molar-refractivity contribution in [1.82, 2.24) is 9.97 Å². The van der Waals surface area contributed by atoms with E-state index in [1.54, 1.807) is 18.2 Å². The van der Waals surface area contributed by atoms with E-state index in [-0.39, 0.29) is 0 Å². The molecule has 0 saturated heterocycles. The second-order valence-electron chi connectivity index (χ2n) is 4.84. The molecule has 0 radical (unpaired) electrons. The van der Waals surface area contributed by atoms with Crippen LogP contribution in [0.25, 0.3) is 0 Å². The van der Waals surface area contributed by atoms with Gasteiger partial charge in [-0.1, -0.05) is 35.3 Å². The minimum Gasteiger partial charge on any atom is -0.393 e. The molecule has 3 rings (SSSR count). The van der Waals surface area contributed by atoms with Crippen molar-refractivity contribution in [3.05, 3.63) is 63.3 Å². The number of hydrogen-bond donors (Lipinski definition) is 3. The van der Waals surface area contributed by atoms with E-state index in [1.165, 1.54) is 6.33 Å². The van der Waals surface area contributed by atoms with Crippen LogP contribution >= 0.6 is 39.1 Å². The van der Waals surface area contributed by atoms with Crippen LogP contribution in [0.2, 0.25) is 10.0 Å². The largest absolute Gasteiger partial charge is 0.393 e. The predicted octanol–water partition coefficient (Wildman–Crippen LogP) is 5.62. The van der Waals surface area contributed by atoms with Gasteiger partial charge >= 0.3 is 0 Å². The third-order valence-electron chi connectivity index (χ3n) is 3.19. The summed E-state index contributed by atoms with van der Waals surface area (Å²) in [6, 6.07) is 12.8. The van der Waals surface area contributed by atoms with Gasteiger partial charge in [0.05, 0.1) is 16.4 Å². The Morgan fingerprint density at radius 3 is 2.29 bits per heavy atom. The molecular weight excluding hydrogens is 413 g/mol. The Morgan fingerprint density at radius 1 is 0.917 bits per heavy atom. The molecule has 0 fully saturated rings. The van der Waals surface area contributed by atoms with E-state index in [4.69, 9.17) is 28.9 Å². The van der Waals surface area contributed by atoms with Crippen molar-refractivity contribution in [3.8, 4) is 0 Å². The van der Waals surface area contributed by atoms with Crippen LogP contribution in [0.3, 0.4) is 0 Å². The third-order valence-corrected chi connectivity index (χ3v) is 4.45. The van der Waals surface area contributed by atoms with Crippen molar-refractivity contribution < 1.29 is 0 Å². The second-order valence-corrected chi connectivity index (χ2v) is 6.54. The number of rotatable bonds is 4. The first-order valence-corrected chi connectivity index (χ1v) is 8.43. The van der Waals surface area contributed by atoms with Crippen molar-refractivity contribution >= 4 is 67.8 Å². The van der Waals surface area contributed by atoms with Crippen LogP contribution in [-0.2, 0) is 0 Å². The highest BCUT2D eigenvalue weighted by molar-refractivity contribution is 9.10. The second kappa shape index (κ2) is 7.25. The standard InChI is InChI=1S/C16H12BrCl2N5/c17-10-3-1-2-4-12(10)23-15-14(20)16(22-8-21-15)24-13-7-9(18)5-6-11(13)19/h1-8H,20H2,(H2,21,22,23,24). The van der Waals surface area contributed by atoms with E-state index >= 15 is 0 Å². The summed E-state index contributed by atoms with van der Waals surface area (Å²) in [5.41, 5.74) is 8.00. The number of nitrogen functional groups attached to an aromatic ring is 1. The monoisotopic (exact) mass is 423 g/mol. The summed E-state index contributed by atoms with van der Waals surface area (Å²) in [5, 5.41) is 7.32. The molecule has 4 N–H and O–H groups in total. The smallest absolute Gasteiger partial charge is 0.159 e. The summed E-state index contributed by atoms with van der Waals surface area (Å²) in [4.78, 5) is 8.36. The SMILES string of the molecule is Nc1c(Nc2cc(Cl)ccc2Cl)ncnc1Nc1ccccc1Br. The number of aromatic nitrogens is 2. The average molecular weight is 425 g/mol. The Balaban J connectivity index is 1.91. The third kappa shape index (κ3) is 3.72. The fraction of sp³-hybridized carbons (Fsp3) is 0. The fourth-order valence-electron chi connectivity index (χ4n) is 2.01. The lowest BCUT2D eigenvalue weighted by atomic mass is 10.3. The number of nitrogens with one attached hydrogen (secondary N) is 2. The Labute approximate surface area is 157 Å². The van der Waals surface area contributed by atoms with Gasteiger partial charge in [-0.15, -0.1) is 0 Å². The Hall–Kier alpha value is -2.02. The number of benzene rings is 2. The molecule has 0 unspecified atom stereocenters. The highest BCUT2D eigenvalue weighted by Gasteiger charge is 2.11. The summed E-state index contributed by atoms with van der Waals surface area (Å²) in [6.07, 6.45) is 1.41. The molecule has 0 aliphatic heterocycles. The summed E-state index contributed by atoms with van der Waals surface area (Å²) in [6.45, 7) is 0. The van der Waals surface area contributed by atoms with Gasteiger partial charge in [-0.2, -0.15) is 0 Å². The molecule has 0 amide bonds. The minimum absolute atomic E-state index is 0.365. The first-order chi connectivity index (χ1) is 11.5. The Bertz CT molecular complexity index is 888. The molecule has 122 valence electrons. The topological polar surface area (TPSA) is 75.9 Å². The van der Waals surface area contributed by atoms with E-state index < -0.39 is 0 Å². The molecule has 5 nitrogen and oxygen atoms in total. The van der Waals surface area contributed by atoms with Crippen LogP contribution in [-0.4, -0.2) is 9.97 Å². The van der Waals surface area contributed by atoms with Crippen LogP contribution in [0.4, 0.5) is 28.7 Å². The lowest BCUT2D eigenvalue weighted by Gasteiger charge is -2.14. The summed E-state index contributed by atoms with van der Waals surface area (Å²) < 4.78 is 0.899. The predicted molar refractivity (Wildman–Crippen MR) is 104 cm³/mol. The van der Waals surface area contributed by atoms with Crippen LogP contribution in [0.1, 0.15) is 0 Å². The summed E-state index contributed by atoms with van der Waals surface area (Å²) in [7, 11) is 0. The number of para-hydroxylation sites is 1. The number of nitrogens with two attached hydrogens (primary N) is 1. The summed E-state index contributed by atoms with van der Waals surface area (Å²) >= 11 is 15.6. The van der Waals surface area contributed by atoms with Crippen LogP contribution in [0, 0.1) is 0 Å². The number of halogens is 3. The van der Waals surface area contributed by atoms with Crippen molar-refractivity contribution in [2.24, 2.45) is 0 Å². The van der Waals surface area contributed by atoms with E-state index in [0.717, 1.165) is 10.2 Å². The summed E-state index contributed by atoms with van der Waals surface area (Å²) in [5.74, 6) is 0.918. The number of hydrogen-bond acceptors (Lipinski definition) is 5. The zero-order chi connectivity index (χ0) is 17.1. The lowest BCUT2D eigenvalue weighted by Crippen LogP contribution is -2.05. The number of nitrogens with zero attached hydrogens (tertiary/aromatic N) is 2. The van der Waals surface area contributed by atoms with Crippen LogP contribution in [0.15, 0.2) is 53.3 Å². The van der Waals surface area contributed by atoms with Crippen molar-refractivity contribution in [3.63, 3.8) is 0 Å². The maximum atomic E-state index is 6.18. The zero-order valence-electron chi connectivity index (χ0n) is 12.2. The van der Waals surface area contributed by atoms with Crippen molar-refractivity contribution in [1.29, 1.82) is 0 Å². The van der Waals surface area contributed by atoms with Crippen molar-refractivity contribution in [2.45, 2.75) is 0 Å². The van der Waals surface area contributed by atoms with Crippen LogP contribution < -0.4 is 16.4 Å². The van der Waals surface area contributed by atoms with Gasteiger partial charge in [0.15, 0.2) is 11.6 Å². The molecule has 0 aliphatic carbocycles. The molecular formula is C16H12BrCl2N5. The molecule has 0 aliphatic rings. The molecule has 0 saturated carbocycles. The van der Waals surface area contributed by atoms with Gasteiger partial charge in [0.2, 0.25) is 0 Å². The molecule has 1 aromatic heterocycles. The molecule has 0 atom stereocenters. The fourth-order valence-corrected chi connectivity index (χ4v) is 2.73. The molecule has 0 bridgehead atoms. The first-order valence-electron chi connectivity index (χ1n) is 6.88. The zero-order valence-corrected chi connectivity index (χ0v) is 15.3.